The number of carboxylic acids is 1. The Labute approximate surface area is 130 Å². The van der Waals surface area contributed by atoms with Crippen LogP contribution in [0.3, 0.4) is 0 Å². The highest BCUT2D eigenvalue weighted by Gasteiger charge is 2.28. The molecule has 3 nitrogen and oxygen atoms in total. The third kappa shape index (κ3) is 2.95. The second-order valence-corrected chi connectivity index (χ2v) is 5.71. The van der Waals surface area contributed by atoms with Gasteiger partial charge in [-0.25, -0.2) is 4.79 Å². The molecule has 0 aromatic heterocycles. The van der Waals surface area contributed by atoms with Gasteiger partial charge in [-0.15, -0.1) is 0 Å². The van der Waals surface area contributed by atoms with E-state index >= 15 is 0 Å². The molecule has 0 aliphatic carbocycles. The quantitative estimate of drug-likeness (QED) is 0.878. The highest BCUT2D eigenvalue weighted by molar-refractivity contribution is 5.86. The third-order valence-corrected chi connectivity index (χ3v) is 4.23. The first-order valence-corrected chi connectivity index (χ1v) is 7.42. The molecule has 1 atom stereocenters. The maximum atomic E-state index is 11.1. The van der Waals surface area contributed by atoms with Crippen LogP contribution < -0.4 is 0 Å². The molecule has 0 saturated heterocycles. The van der Waals surface area contributed by atoms with Crippen LogP contribution >= 0.6 is 0 Å². The fourth-order valence-corrected chi connectivity index (χ4v) is 3.06. The molecule has 3 heteroatoms. The van der Waals surface area contributed by atoms with Crippen molar-refractivity contribution in [3.05, 3.63) is 83.4 Å². The largest absolute Gasteiger partial charge is 0.478 e. The standard InChI is InChI=1S/C19H19NO2/c1-14(19(21)22)12-20-13-17-10-6-5-9-16(17)11-18(20)15-7-3-2-4-8-15/h2-10,18H,1,11-13H2,(H,21,22). The minimum absolute atomic E-state index is 0.187. The summed E-state index contributed by atoms with van der Waals surface area (Å²) in [5.41, 5.74) is 4.07. The number of fused-ring (bicyclic) bond motifs is 1. The zero-order valence-corrected chi connectivity index (χ0v) is 12.4. The van der Waals surface area contributed by atoms with Crippen molar-refractivity contribution in [1.29, 1.82) is 0 Å². The maximum Gasteiger partial charge on any atom is 0.332 e. The summed E-state index contributed by atoms with van der Waals surface area (Å²) in [5.74, 6) is -0.925. The van der Waals surface area contributed by atoms with E-state index in [-0.39, 0.29) is 11.6 Å². The summed E-state index contributed by atoms with van der Waals surface area (Å²) in [7, 11) is 0. The Hall–Kier alpha value is -2.39. The average Bonchev–Trinajstić information content (AvgIpc) is 2.55. The van der Waals surface area contributed by atoms with E-state index in [1.165, 1.54) is 16.7 Å². The van der Waals surface area contributed by atoms with Crippen molar-refractivity contribution in [1.82, 2.24) is 4.90 Å². The molecule has 3 rings (SSSR count). The zero-order chi connectivity index (χ0) is 15.5. The van der Waals surface area contributed by atoms with Crippen molar-refractivity contribution < 1.29 is 9.90 Å². The molecule has 0 radical (unpaired) electrons. The summed E-state index contributed by atoms with van der Waals surface area (Å²) in [4.78, 5) is 13.3. The Balaban J connectivity index is 1.93. The lowest BCUT2D eigenvalue weighted by atomic mass is 9.89. The molecule has 1 N–H and O–H groups in total. The van der Waals surface area contributed by atoms with E-state index in [9.17, 15) is 4.79 Å². The van der Waals surface area contributed by atoms with Crippen molar-refractivity contribution in [2.45, 2.75) is 19.0 Å². The molecule has 0 spiro atoms. The first kappa shape index (κ1) is 14.5. The van der Waals surface area contributed by atoms with E-state index in [0.29, 0.717) is 6.54 Å². The van der Waals surface area contributed by atoms with Crippen LogP contribution in [0.4, 0.5) is 0 Å². The normalized spacial score (nSPS) is 17.7. The lowest BCUT2D eigenvalue weighted by Crippen LogP contribution is -2.36. The van der Waals surface area contributed by atoms with Gasteiger partial charge in [-0.2, -0.15) is 0 Å². The number of carboxylic acid groups (broad SMARTS) is 1. The first-order chi connectivity index (χ1) is 10.6. The average molecular weight is 293 g/mol. The topological polar surface area (TPSA) is 40.5 Å². The summed E-state index contributed by atoms with van der Waals surface area (Å²) in [6.45, 7) is 4.82. The lowest BCUT2D eigenvalue weighted by molar-refractivity contribution is -0.133. The van der Waals surface area contributed by atoms with Gasteiger partial charge in [0.2, 0.25) is 0 Å². The molecule has 2 aromatic carbocycles. The number of aliphatic carboxylic acids is 1. The second-order valence-electron chi connectivity index (χ2n) is 5.71. The summed E-state index contributed by atoms with van der Waals surface area (Å²) < 4.78 is 0. The number of hydrogen-bond donors (Lipinski definition) is 1. The van der Waals surface area contributed by atoms with Crippen LogP contribution in [0.1, 0.15) is 22.7 Å². The Morgan fingerprint density at radius 3 is 2.41 bits per heavy atom. The minimum Gasteiger partial charge on any atom is -0.478 e. The van der Waals surface area contributed by atoms with Gasteiger partial charge in [0.1, 0.15) is 0 Å². The molecule has 0 bridgehead atoms. The van der Waals surface area contributed by atoms with Crippen molar-refractivity contribution in [2.75, 3.05) is 6.54 Å². The van der Waals surface area contributed by atoms with Gasteiger partial charge in [0.05, 0.1) is 0 Å². The Kier molecular flexibility index (Phi) is 4.07. The molecule has 112 valence electrons. The fourth-order valence-electron chi connectivity index (χ4n) is 3.06. The van der Waals surface area contributed by atoms with Crippen molar-refractivity contribution in [3.8, 4) is 0 Å². The van der Waals surface area contributed by atoms with Crippen molar-refractivity contribution in [2.24, 2.45) is 0 Å². The van der Waals surface area contributed by atoms with Gasteiger partial charge in [-0.3, -0.25) is 4.90 Å². The van der Waals surface area contributed by atoms with Gasteiger partial charge in [-0.1, -0.05) is 61.2 Å². The summed E-state index contributed by atoms with van der Waals surface area (Å²) >= 11 is 0. The lowest BCUT2D eigenvalue weighted by Gasteiger charge is -2.37. The number of nitrogens with zero attached hydrogens (tertiary/aromatic N) is 1. The molecule has 1 aliphatic rings. The van der Waals surface area contributed by atoms with E-state index in [1.54, 1.807) is 0 Å². The summed E-state index contributed by atoms with van der Waals surface area (Å²) in [6.07, 6.45) is 0.896. The molecule has 22 heavy (non-hydrogen) atoms. The number of benzene rings is 2. The van der Waals surface area contributed by atoms with Gasteiger partial charge in [-0.05, 0) is 23.1 Å². The number of hydrogen-bond acceptors (Lipinski definition) is 2. The van der Waals surface area contributed by atoms with E-state index < -0.39 is 5.97 Å². The van der Waals surface area contributed by atoms with Crippen LogP contribution in [0.2, 0.25) is 0 Å². The van der Waals surface area contributed by atoms with Gasteiger partial charge in [0.15, 0.2) is 0 Å². The highest BCUT2D eigenvalue weighted by atomic mass is 16.4. The van der Waals surface area contributed by atoms with Crippen LogP contribution in [-0.2, 0) is 17.8 Å². The van der Waals surface area contributed by atoms with Gasteiger partial charge in [0.25, 0.3) is 0 Å². The van der Waals surface area contributed by atoms with Crippen LogP contribution in [0.25, 0.3) is 0 Å². The van der Waals surface area contributed by atoms with Crippen LogP contribution in [0, 0.1) is 0 Å². The van der Waals surface area contributed by atoms with Crippen LogP contribution in [0.5, 0.6) is 0 Å². The van der Waals surface area contributed by atoms with E-state index in [0.717, 1.165) is 13.0 Å². The first-order valence-electron chi connectivity index (χ1n) is 7.42. The summed E-state index contributed by atoms with van der Waals surface area (Å²) in [5, 5.41) is 9.14. The second kappa shape index (κ2) is 6.16. The molecule has 0 saturated carbocycles. The Morgan fingerprint density at radius 1 is 1.09 bits per heavy atom. The molecule has 1 heterocycles. The number of carbonyl (C=O) groups is 1. The predicted octanol–water partition coefficient (Wildman–Crippen LogP) is 3.43. The van der Waals surface area contributed by atoms with E-state index in [1.807, 2.05) is 24.3 Å². The molecule has 2 aromatic rings. The van der Waals surface area contributed by atoms with Gasteiger partial charge < -0.3 is 5.11 Å². The van der Waals surface area contributed by atoms with Gasteiger partial charge in [0, 0.05) is 24.7 Å². The molecule has 1 unspecified atom stereocenters. The Morgan fingerprint density at radius 2 is 1.73 bits per heavy atom. The van der Waals surface area contributed by atoms with Crippen molar-refractivity contribution >= 4 is 5.97 Å². The fraction of sp³-hybridized carbons (Fsp3) is 0.211. The smallest absolute Gasteiger partial charge is 0.332 e. The highest BCUT2D eigenvalue weighted by Crippen LogP contribution is 2.33. The van der Waals surface area contributed by atoms with Gasteiger partial charge >= 0.3 is 5.97 Å². The van der Waals surface area contributed by atoms with Crippen LogP contribution in [0.15, 0.2) is 66.7 Å². The zero-order valence-electron chi connectivity index (χ0n) is 12.4. The van der Waals surface area contributed by atoms with Crippen molar-refractivity contribution in [3.63, 3.8) is 0 Å². The monoisotopic (exact) mass is 293 g/mol. The molecule has 1 aliphatic heterocycles. The number of rotatable bonds is 4. The molecular formula is C19H19NO2. The van der Waals surface area contributed by atoms with E-state index in [4.69, 9.17) is 5.11 Å². The third-order valence-electron chi connectivity index (χ3n) is 4.23. The minimum atomic E-state index is -0.925. The Bertz CT molecular complexity index is 694. The maximum absolute atomic E-state index is 11.1. The van der Waals surface area contributed by atoms with E-state index in [2.05, 4.69) is 41.8 Å². The summed E-state index contributed by atoms with van der Waals surface area (Å²) in [6, 6.07) is 18.8. The predicted molar refractivity (Wildman–Crippen MR) is 86.5 cm³/mol. The molecular weight excluding hydrogens is 274 g/mol. The molecule has 0 amide bonds. The van der Waals surface area contributed by atoms with Crippen LogP contribution in [-0.4, -0.2) is 22.5 Å². The SMILES string of the molecule is C=C(CN1Cc2ccccc2CC1c1ccccc1)C(=O)O. The molecule has 0 fully saturated rings.